The smallest absolute Gasteiger partial charge is 0.316 e. The van der Waals surface area contributed by atoms with Gasteiger partial charge in [-0.25, -0.2) is 8.42 Å². The summed E-state index contributed by atoms with van der Waals surface area (Å²) in [6.07, 6.45) is 7.59. The van der Waals surface area contributed by atoms with E-state index in [1.54, 1.807) is 27.9 Å². The molecule has 44 heavy (non-hydrogen) atoms. The fourth-order valence-corrected chi connectivity index (χ4v) is 10.6. The van der Waals surface area contributed by atoms with E-state index in [2.05, 4.69) is 27.4 Å². The maximum absolute atomic E-state index is 13.6. The molecule has 0 radical (unpaired) electrons. The van der Waals surface area contributed by atoms with Crippen LogP contribution in [-0.4, -0.2) is 78.6 Å². The lowest BCUT2D eigenvalue weighted by molar-refractivity contribution is -0.685. The third-order valence-corrected chi connectivity index (χ3v) is 14.4. The predicted molar refractivity (Wildman–Crippen MR) is 167 cm³/mol. The van der Waals surface area contributed by atoms with E-state index in [9.17, 15) is 27.9 Å². The van der Waals surface area contributed by atoms with Crippen molar-refractivity contribution in [3.8, 4) is 0 Å². The Morgan fingerprint density at radius 1 is 1.18 bits per heavy atom. The maximum atomic E-state index is 13.6. The lowest BCUT2D eigenvalue weighted by Gasteiger charge is -2.61. The molecule has 8 atom stereocenters. The number of rotatable bonds is 7. The van der Waals surface area contributed by atoms with Gasteiger partial charge in [0.1, 0.15) is 11.9 Å². The fraction of sp³-hybridized carbons (Fsp3) is 0.697. The molecule has 11 heteroatoms. The molecule has 1 amide bonds. The summed E-state index contributed by atoms with van der Waals surface area (Å²) in [6.45, 7) is 13.0. The highest BCUT2D eigenvalue weighted by Gasteiger charge is 2.68. The highest BCUT2D eigenvalue weighted by atomic mass is 32.2. The standard InChI is InChI=1S/C33H47N2O7S2/c1-6-31(4)19-26(32(5)22(2)7-11-33(23(3)30(31)39)12-8-25(36)29(32)33)42-28(38)21-43-24-9-13-34(14-10-24)20-27(37)35-15-17-44(40,41)18-16-35/h6,9-10,13-14,22-23,26,29-30,39H,1,7-8,11-12,15-21H2,2-5H3/q+1/t22-,23+,26-,29+,30+,31-,32+,33+/m1/s1. The van der Waals surface area contributed by atoms with Crippen LogP contribution < -0.4 is 4.57 Å². The first-order chi connectivity index (χ1) is 20.6. The number of aliphatic hydroxyl groups is 1. The van der Waals surface area contributed by atoms with Crippen LogP contribution in [0.1, 0.15) is 59.8 Å². The normalized spacial score (nSPS) is 38.2. The quantitative estimate of drug-likeness (QED) is 0.207. The zero-order valence-electron chi connectivity index (χ0n) is 26.4. The molecular formula is C33H47N2O7S2+. The summed E-state index contributed by atoms with van der Waals surface area (Å²) in [4.78, 5) is 42.1. The van der Waals surface area contributed by atoms with E-state index >= 15 is 0 Å². The van der Waals surface area contributed by atoms with Gasteiger partial charge in [0, 0.05) is 53.3 Å². The number of aliphatic hydroxyl groups excluding tert-OH is 1. The van der Waals surface area contributed by atoms with Gasteiger partial charge in [-0.1, -0.05) is 33.8 Å². The highest BCUT2D eigenvalue weighted by molar-refractivity contribution is 8.00. The number of Topliss-reactive ketones (excluding diaryl/α,β-unsaturated/α-hetero) is 1. The van der Waals surface area contributed by atoms with Crippen LogP contribution in [0.2, 0.25) is 0 Å². The third kappa shape index (κ3) is 5.88. The van der Waals surface area contributed by atoms with Crippen LogP contribution in [0, 0.1) is 34.0 Å². The van der Waals surface area contributed by atoms with Gasteiger partial charge < -0.3 is 14.7 Å². The molecule has 2 bridgehead atoms. The van der Waals surface area contributed by atoms with Crippen molar-refractivity contribution in [2.75, 3.05) is 30.3 Å². The van der Waals surface area contributed by atoms with Crippen LogP contribution in [0.25, 0.3) is 0 Å². The van der Waals surface area contributed by atoms with Gasteiger partial charge >= 0.3 is 5.97 Å². The van der Waals surface area contributed by atoms with E-state index in [-0.39, 0.29) is 77.7 Å². The minimum Gasteiger partial charge on any atom is -0.461 e. The van der Waals surface area contributed by atoms with E-state index in [0.29, 0.717) is 12.8 Å². The van der Waals surface area contributed by atoms with Crippen molar-refractivity contribution in [1.82, 2.24) is 4.90 Å². The van der Waals surface area contributed by atoms with Crippen LogP contribution in [0.15, 0.2) is 42.1 Å². The zero-order chi connectivity index (χ0) is 32.1. The van der Waals surface area contributed by atoms with Gasteiger partial charge in [0.25, 0.3) is 5.91 Å². The summed E-state index contributed by atoms with van der Waals surface area (Å²) in [5.41, 5.74) is -1.53. The molecule has 1 aromatic rings. The Bertz CT molecular complexity index is 1400. The topological polar surface area (TPSA) is 122 Å². The van der Waals surface area contributed by atoms with Gasteiger partial charge in [0.2, 0.25) is 6.54 Å². The van der Waals surface area contributed by atoms with Gasteiger partial charge in [0.15, 0.2) is 22.2 Å². The molecule has 5 rings (SSSR count). The number of hydrogen-bond donors (Lipinski definition) is 1. The molecule has 9 nitrogen and oxygen atoms in total. The Morgan fingerprint density at radius 2 is 1.84 bits per heavy atom. The van der Waals surface area contributed by atoms with E-state index in [4.69, 9.17) is 4.74 Å². The molecule has 0 spiro atoms. The lowest BCUT2D eigenvalue weighted by atomic mass is 9.44. The third-order valence-electron chi connectivity index (χ3n) is 11.8. The molecule has 2 heterocycles. The molecule has 0 aromatic carbocycles. The van der Waals surface area contributed by atoms with Crippen molar-refractivity contribution in [3.05, 3.63) is 37.2 Å². The number of aromatic nitrogens is 1. The van der Waals surface area contributed by atoms with Gasteiger partial charge in [-0.3, -0.25) is 14.4 Å². The minimum atomic E-state index is -3.05. The second kappa shape index (κ2) is 12.2. The number of nitrogens with zero attached hydrogens (tertiary/aromatic N) is 2. The molecule has 4 aliphatic rings. The lowest BCUT2D eigenvalue weighted by Crippen LogP contribution is -2.63. The monoisotopic (exact) mass is 647 g/mol. The fourth-order valence-electron chi connectivity index (χ4n) is 8.70. The Kier molecular flexibility index (Phi) is 9.17. The van der Waals surface area contributed by atoms with Crippen molar-refractivity contribution in [1.29, 1.82) is 0 Å². The Labute approximate surface area is 265 Å². The van der Waals surface area contributed by atoms with E-state index < -0.39 is 32.9 Å². The van der Waals surface area contributed by atoms with Gasteiger partial charge in [-0.15, -0.1) is 18.3 Å². The molecular weight excluding hydrogens is 601 g/mol. The molecule has 0 unspecified atom stereocenters. The minimum absolute atomic E-state index is 0.00161. The number of esters is 1. The van der Waals surface area contributed by atoms with Gasteiger partial charge in [0.05, 0.1) is 23.4 Å². The Hall–Kier alpha value is -2.24. The highest BCUT2D eigenvalue weighted by Crippen LogP contribution is 2.68. The zero-order valence-corrected chi connectivity index (χ0v) is 28.0. The average molecular weight is 648 g/mol. The van der Waals surface area contributed by atoms with Crippen LogP contribution in [0.4, 0.5) is 0 Å². The van der Waals surface area contributed by atoms with Crippen LogP contribution >= 0.6 is 11.8 Å². The maximum Gasteiger partial charge on any atom is 0.316 e. The summed E-state index contributed by atoms with van der Waals surface area (Å²) < 4.78 is 31.4. The van der Waals surface area contributed by atoms with Crippen LogP contribution in [0.5, 0.6) is 0 Å². The van der Waals surface area contributed by atoms with Crippen molar-refractivity contribution < 1.29 is 37.2 Å². The van der Waals surface area contributed by atoms with Gasteiger partial charge in [-0.05, 0) is 42.9 Å². The number of amides is 1. The molecule has 3 aliphatic carbocycles. The molecule has 1 saturated heterocycles. The Morgan fingerprint density at radius 3 is 2.48 bits per heavy atom. The van der Waals surface area contributed by atoms with Crippen molar-refractivity contribution in [2.24, 2.45) is 34.0 Å². The average Bonchev–Trinajstić information content (AvgIpc) is 3.35. The summed E-state index contributed by atoms with van der Waals surface area (Å²) in [5, 5.41) is 11.7. The number of thioether (sulfide) groups is 1. The summed E-state index contributed by atoms with van der Waals surface area (Å²) in [5.74, 6) is -0.344. The first-order valence-electron chi connectivity index (χ1n) is 15.8. The summed E-state index contributed by atoms with van der Waals surface area (Å²) in [7, 11) is -3.05. The SMILES string of the molecule is C=C[C@]1(C)C[C@@H](OC(=O)CSc2cc[n+](CC(=O)N3CCS(=O)(=O)CC3)cc2)[C@]2(C)[C@H](C)CC[C@]3(CCC(=O)[C@H]32)[C@@H](C)[C@@H]1O. The van der Waals surface area contributed by atoms with Crippen molar-refractivity contribution in [3.63, 3.8) is 0 Å². The summed E-state index contributed by atoms with van der Waals surface area (Å²) in [6, 6.07) is 3.68. The van der Waals surface area contributed by atoms with E-state index in [0.717, 1.165) is 24.2 Å². The molecule has 1 N–H and O–H groups in total. The van der Waals surface area contributed by atoms with Gasteiger partial charge in [-0.2, -0.15) is 4.57 Å². The van der Waals surface area contributed by atoms with Crippen molar-refractivity contribution >= 4 is 39.3 Å². The molecule has 1 aliphatic heterocycles. The van der Waals surface area contributed by atoms with Crippen LogP contribution in [0.3, 0.4) is 0 Å². The second-order valence-electron chi connectivity index (χ2n) is 14.1. The number of carbonyl (C=O) groups excluding carboxylic acids is 3. The van der Waals surface area contributed by atoms with Crippen molar-refractivity contribution in [2.45, 2.75) is 83.4 Å². The number of sulfone groups is 1. The van der Waals surface area contributed by atoms with E-state index in [1.807, 2.05) is 19.1 Å². The first kappa shape index (κ1) is 33.1. The van der Waals surface area contributed by atoms with Crippen LogP contribution in [-0.2, 0) is 35.5 Å². The number of pyridine rings is 1. The predicted octanol–water partition coefficient (Wildman–Crippen LogP) is 3.23. The number of ketones is 1. The first-order valence-corrected chi connectivity index (χ1v) is 18.6. The summed E-state index contributed by atoms with van der Waals surface area (Å²) >= 11 is 1.34. The number of ether oxygens (including phenoxy) is 1. The number of hydrogen-bond acceptors (Lipinski definition) is 8. The largest absolute Gasteiger partial charge is 0.461 e. The Balaban J connectivity index is 1.27. The number of carbonyl (C=O) groups is 3. The van der Waals surface area contributed by atoms with E-state index in [1.165, 1.54) is 11.8 Å². The molecule has 4 fully saturated rings. The second-order valence-corrected chi connectivity index (χ2v) is 17.4. The molecule has 1 aromatic heterocycles. The molecule has 242 valence electrons. The molecule has 3 saturated carbocycles.